The second-order valence-electron chi connectivity index (χ2n) is 6.91. The maximum absolute atomic E-state index is 12.4. The van der Waals surface area contributed by atoms with Crippen LogP contribution in [0.5, 0.6) is 0 Å². The van der Waals surface area contributed by atoms with E-state index in [1.807, 2.05) is 0 Å². The Morgan fingerprint density at radius 3 is 2.48 bits per heavy atom. The molecule has 21 heavy (non-hydrogen) atoms. The Kier molecular flexibility index (Phi) is 5.14. The van der Waals surface area contributed by atoms with Crippen molar-refractivity contribution in [3.05, 3.63) is 0 Å². The maximum Gasteiger partial charge on any atom is 0.237 e. The summed E-state index contributed by atoms with van der Waals surface area (Å²) < 4.78 is 0. The second kappa shape index (κ2) is 7.07. The topological polar surface area (TPSA) is 47.6 Å². The van der Waals surface area contributed by atoms with Crippen molar-refractivity contribution < 1.29 is 4.79 Å². The van der Waals surface area contributed by atoms with Crippen LogP contribution in [-0.2, 0) is 4.79 Å². The van der Waals surface area contributed by atoms with Gasteiger partial charge in [-0.3, -0.25) is 14.6 Å². The summed E-state index contributed by atoms with van der Waals surface area (Å²) in [6.45, 7) is 8.69. The van der Waals surface area contributed by atoms with Crippen LogP contribution in [0.3, 0.4) is 0 Å². The van der Waals surface area contributed by atoms with E-state index in [1.54, 1.807) is 0 Å². The summed E-state index contributed by atoms with van der Waals surface area (Å²) in [5.41, 5.74) is 0. The number of rotatable bonds is 4. The largest absolute Gasteiger partial charge is 0.352 e. The van der Waals surface area contributed by atoms with Crippen molar-refractivity contribution in [2.24, 2.45) is 0 Å². The highest BCUT2D eigenvalue weighted by Crippen LogP contribution is 2.20. The van der Waals surface area contributed by atoms with E-state index in [4.69, 9.17) is 0 Å². The summed E-state index contributed by atoms with van der Waals surface area (Å²) in [6, 6.07) is 1.13. The second-order valence-corrected chi connectivity index (χ2v) is 6.91. The van der Waals surface area contributed by atoms with Crippen molar-refractivity contribution in [1.82, 2.24) is 20.4 Å². The number of hydrogen-bond donors (Lipinski definition) is 2. The van der Waals surface area contributed by atoms with Crippen LogP contribution in [0.1, 0.15) is 39.0 Å². The first-order valence-electron chi connectivity index (χ1n) is 8.73. The molecule has 5 nitrogen and oxygen atoms in total. The minimum Gasteiger partial charge on any atom is -0.352 e. The molecule has 0 aromatic rings. The average molecular weight is 294 g/mol. The van der Waals surface area contributed by atoms with Gasteiger partial charge in [0.25, 0.3) is 0 Å². The first-order chi connectivity index (χ1) is 10.2. The zero-order valence-corrected chi connectivity index (χ0v) is 13.3. The maximum atomic E-state index is 12.4. The summed E-state index contributed by atoms with van der Waals surface area (Å²) in [4.78, 5) is 17.2. The Labute approximate surface area is 128 Å². The van der Waals surface area contributed by atoms with Gasteiger partial charge in [-0.2, -0.15) is 0 Å². The van der Waals surface area contributed by atoms with Crippen molar-refractivity contribution >= 4 is 5.91 Å². The van der Waals surface area contributed by atoms with Crippen LogP contribution in [-0.4, -0.2) is 73.1 Å². The number of likely N-dealkylation sites (tertiary alicyclic amines) is 1. The Morgan fingerprint density at radius 2 is 1.81 bits per heavy atom. The molecule has 1 atom stereocenters. The zero-order valence-electron chi connectivity index (χ0n) is 13.3. The van der Waals surface area contributed by atoms with Crippen LogP contribution in [0.25, 0.3) is 0 Å². The molecule has 3 fully saturated rings. The summed E-state index contributed by atoms with van der Waals surface area (Å²) in [5.74, 6) is 0.237. The predicted molar refractivity (Wildman–Crippen MR) is 84.3 cm³/mol. The minimum atomic E-state index is 0.0334. The Morgan fingerprint density at radius 1 is 1.14 bits per heavy atom. The third-order valence-corrected chi connectivity index (χ3v) is 5.44. The molecule has 2 heterocycles. The molecule has 3 rings (SSSR count). The molecule has 0 aromatic carbocycles. The minimum absolute atomic E-state index is 0.0334. The van der Waals surface area contributed by atoms with Crippen LogP contribution >= 0.6 is 0 Å². The molecular weight excluding hydrogens is 264 g/mol. The van der Waals surface area contributed by atoms with Gasteiger partial charge in [0, 0.05) is 51.4 Å². The van der Waals surface area contributed by atoms with Gasteiger partial charge >= 0.3 is 0 Å². The van der Waals surface area contributed by atoms with Crippen LogP contribution in [0.15, 0.2) is 0 Å². The molecule has 2 N–H and O–H groups in total. The van der Waals surface area contributed by atoms with Gasteiger partial charge in [0.15, 0.2) is 0 Å². The smallest absolute Gasteiger partial charge is 0.237 e. The molecule has 1 amide bonds. The lowest BCUT2D eigenvalue weighted by molar-refractivity contribution is -0.130. The standard InChI is InChI=1S/C16H30N4O/c1-13(16(21)18-14-5-3-2-4-6-14)20-11-15(12-20)19-9-7-17-8-10-19/h13-15,17H,2-12H2,1H3,(H,18,21). The fourth-order valence-electron chi connectivity index (χ4n) is 3.82. The van der Waals surface area contributed by atoms with Crippen LogP contribution in [0, 0.1) is 0 Å². The van der Waals surface area contributed by atoms with E-state index in [9.17, 15) is 4.79 Å². The van der Waals surface area contributed by atoms with Crippen molar-refractivity contribution in [2.75, 3.05) is 39.3 Å². The number of piperazine rings is 1. The van der Waals surface area contributed by atoms with Crippen LogP contribution < -0.4 is 10.6 Å². The van der Waals surface area contributed by atoms with Gasteiger partial charge in [-0.15, -0.1) is 0 Å². The highest BCUT2D eigenvalue weighted by molar-refractivity contribution is 5.81. The summed E-state index contributed by atoms with van der Waals surface area (Å²) in [6.07, 6.45) is 6.21. The van der Waals surface area contributed by atoms with Gasteiger partial charge < -0.3 is 10.6 Å². The van der Waals surface area contributed by atoms with Crippen molar-refractivity contribution in [3.8, 4) is 0 Å². The third kappa shape index (κ3) is 3.76. The van der Waals surface area contributed by atoms with E-state index in [-0.39, 0.29) is 11.9 Å². The van der Waals surface area contributed by atoms with Crippen molar-refractivity contribution in [3.63, 3.8) is 0 Å². The van der Waals surface area contributed by atoms with Gasteiger partial charge in [0.1, 0.15) is 0 Å². The molecule has 1 unspecified atom stereocenters. The van der Waals surface area contributed by atoms with E-state index in [1.165, 1.54) is 32.1 Å². The van der Waals surface area contributed by atoms with Crippen molar-refractivity contribution in [2.45, 2.75) is 57.2 Å². The quantitative estimate of drug-likeness (QED) is 0.789. The van der Waals surface area contributed by atoms with E-state index in [0.29, 0.717) is 12.1 Å². The molecule has 2 aliphatic heterocycles. The molecule has 0 radical (unpaired) electrons. The monoisotopic (exact) mass is 294 g/mol. The van der Waals surface area contributed by atoms with E-state index in [2.05, 4.69) is 27.4 Å². The molecule has 3 aliphatic rings. The van der Waals surface area contributed by atoms with Crippen LogP contribution in [0.2, 0.25) is 0 Å². The average Bonchev–Trinajstić information content (AvgIpc) is 2.48. The zero-order chi connectivity index (χ0) is 14.7. The van der Waals surface area contributed by atoms with E-state index < -0.39 is 0 Å². The number of carbonyl (C=O) groups is 1. The normalized spacial score (nSPS) is 28.0. The third-order valence-electron chi connectivity index (χ3n) is 5.44. The lowest BCUT2D eigenvalue weighted by Crippen LogP contribution is -2.66. The summed E-state index contributed by atoms with van der Waals surface area (Å²) >= 11 is 0. The van der Waals surface area contributed by atoms with Gasteiger partial charge in [0.2, 0.25) is 5.91 Å². The molecule has 0 aromatic heterocycles. The van der Waals surface area contributed by atoms with Crippen LogP contribution in [0.4, 0.5) is 0 Å². The summed E-state index contributed by atoms with van der Waals surface area (Å²) in [5, 5.41) is 6.65. The summed E-state index contributed by atoms with van der Waals surface area (Å²) in [7, 11) is 0. The number of hydrogen-bond acceptors (Lipinski definition) is 4. The fourth-order valence-corrected chi connectivity index (χ4v) is 3.82. The number of amides is 1. The molecule has 0 bridgehead atoms. The van der Waals surface area contributed by atoms with Gasteiger partial charge in [-0.1, -0.05) is 19.3 Å². The number of nitrogens with one attached hydrogen (secondary N) is 2. The first kappa shape index (κ1) is 15.3. The Bertz CT molecular complexity index is 344. The molecular formula is C16H30N4O. The van der Waals surface area contributed by atoms with Gasteiger partial charge in [0.05, 0.1) is 6.04 Å². The molecule has 120 valence electrons. The molecule has 5 heteroatoms. The first-order valence-corrected chi connectivity index (χ1v) is 8.73. The fraction of sp³-hybridized carbons (Fsp3) is 0.938. The molecule has 1 aliphatic carbocycles. The Hall–Kier alpha value is -0.650. The lowest BCUT2D eigenvalue weighted by Gasteiger charge is -2.48. The SMILES string of the molecule is CC(C(=O)NC1CCCCC1)N1CC(N2CCNCC2)C1. The number of carbonyl (C=O) groups excluding carboxylic acids is 1. The van der Waals surface area contributed by atoms with Gasteiger partial charge in [-0.05, 0) is 19.8 Å². The Balaban J connectivity index is 1.39. The van der Waals surface area contributed by atoms with E-state index in [0.717, 1.165) is 39.3 Å². The molecule has 2 saturated heterocycles. The predicted octanol–water partition coefficient (Wildman–Crippen LogP) is 0.413. The molecule has 1 saturated carbocycles. The number of nitrogens with zero attached hydrogens (tertiary/aromatic N) is 2. The molecule has 0 spiro atoms. The highest BCUT2D eigenvalue weighted by Gasteiger charge is 2.37. The highest BCUT2D eigenvalue weighted by atomic mass is 16.2. The van der Waals surface area contributed by atoms with Gasteiger partial charge in [-0.25, -0.2) is 0 Å². The lowest BCUT2D eigenvalue weighted by atomic mass is 9.95. The van der Waals surface area contributed by atoms with E-state index >= 15 is 0 Å². The van der Waals surface area contributed by atoms with Crippen molar-refractivity contribution in [1.29, 1.82) is 0 Å².